The first-order valence-corrected chi connectivity index (χ1v) is 7.12. The van der Waals surface area contributed by atoms with E-state index in [4.69, 9.17) is 22.1 Å². The second-order valence-electron chi connectivity index (χ2n) is 6.38. The first-order chi connectivity index (χ1) is 9.20. The van der Waals surface area contributed by atoms with Gasteiger partial charge in [-0.3, -0.25) is 4.90 Å². The lowest BCUT2D eigenvalue weighted by Crippen LogP contribution is -2.45. The zero-order chi connectivity index (χ0) is 15.0. The van der Waals surface area contributed by atoms with Crippen molar-refractivity contribution in [2.24, 2.45) is 5.73 Å². The van der Waals surface area contributed by atoms with Gasteiger partial charge in [-0.05, 0) is 45.7 Å². The minimum atomic E-state index is -0.554. The Morgan fingerprint density at radius 3 is 2.50 bits per heavy atom. The van der Waals surface area contributed by atoms with Crippen LogP contribution in [0.5, 0.6) is 0 Å². The minimum absolute atomic E-state index is 0.309. The van der Waals surface area contributed by atoms with Crippen molar-refractivity contribution < 1.29 is 9.53 Å². The van der Waals surface area contributed by atoms with Gasteiger partial charge < -0.3 is 10.5 Å². The van der Waals surface area contributed by atoms with Crippen molar-refractivity contribution in [1.82, 2.24) is 0 Å². The number of hydrogen-bond acceptors (Lipinski definition) is 3. The Hall–Kier alpha value is -1.26. The maximum Gasteiger partial charge on any atom is 0.414 e. The summed E-state index contributed by atoms with van der Waals surface area (Å²) in [5, 5.41) is 0.516. The van der Waals surface area contributed by atoms with Crippen LogP contribution in [-0.2, 0) is 4.74 Å². The zero-order valence-corrected chi connectivity index (χ0v) is 12.9. The molecule has 0 aromatic heterocycles. The van der Waals surface area contributed by atoms with E-state index in [1.54, 1.807) is 17.0 Å². The van der Waals surface area contributed by atoms with E-state index >= 15 is 0 Å². The van der Waals surface area contributed by atoms with Gasteiger partial charge in [0.1, 0.15) is 5.60 Å². The van der Waals surface area contributed by atoms with Crippen molar-refractivity contribution in [3.63, 3.8) is 0 Å². The highest BCUT2D eigenvalue weighted by molar-refractivity contribution is 6.33. The molecule has 20 heavy (non-hydrogen) atoms. The highest BCUT2D eigenvalue weighted by Gasteiger charge is 2.42. The van der Waals surface area contributed by atoms with E-state index in [9.17, 15) is 4.79 Å². The molecule has 1 saturated carbocycles. The molecule has 2 N–H and O–H groups in total. The maximum atomic E-state index is 12.4. The zero-order valence-electron chi connectivity index (χ0n) is 12.1. The number of benzene rings is 1. The van der Waals surface area contributed by atoms with Crippen LogP contribution in [0.25, 0.3) is 0 Å². The Balaban J connectivity index is 2.25. The van der Waals surface area contributed by atoms with Crippen LogP contribution in [0.15, 0.2) is 24.3 Å². The molecule has 0 saturated heterocycles. The van der Waals surface area contributed by atoms with Crippen molar-refractivity contribution in [3.05, 3.63) is 29.3 Å². The molecule has 1 fully saturated rings. The number of hydrogen-bond donors (Lipinski definition) is 1. The number of carbonyl (C=O) groups excluding carboxylic acids is 1. The number of ether oxygens (including phenoxy) is 1. The van der Waals surface area contributed by atoms with Crippen LogP contribution in [0.3, 0.4) is 0 Å². The lowest BCUT2D eigenvalue weighted by molar-refractivity contribution is 0.0577. The number of amides is 1. The normalized spacial score (nSPS) is 16.6. The van der Waals surface area contributed by atoms with E-state index < -0.39 is 11.7 Å². The summed E-state index contributed by atoms with van der Waals surface area (Å²) in [4.78, 5) is 13.9. The molecular weight excluding hydrogens is 276 g/mol. The number of para-hydroxylation sites is 1. The van der Waals surface area contributed by atoms with E-state index in [0.717, 1.165) is 12.8 Å². The lowest BCUT2D eigenvalue weighted by Gasteiger charge is -2.29. The minimum Gasteiger partial charge on any atom is -0.443 e. The SMILES string of the molecule is CC(C)(C)OC(=O)N(CC1(N)CC1)c1ccccc1Cl. The predicted molar refractivity (Wildman–Crippen MR) is 81.2 cm³/mol. The molecular formula is C15H21ClN2O2. The van der Waals surface area contributed by atoms with Crippen molar-refractivity contribution in [2.45, 2.75) is 44.8 Å². The van der Waals surface area contributed by atoms with Gasteiger partial charge in [0.25, 0.3) is 0 Å². The van der Waals surface area contributed by atoms with E-state index in [1.807, 2.05) is 32.9 Å². The fourth-order valence-corrected chi connectivity index (χ4v) is 2.11. The molecule has 0 heterocycles. The Kier molecular flexibility index (Phi) is 3.98. The van der Waals surface area contributed by atoms with Gasteiger partial charge in [-0.15, -0.1) is 0 Å². The molecule has 1 aliphatic rings. The first-order valence-electron chi connectivity index (χ1n) is 6.74. The second-order valence-corrected chi connectivity index (χ2v) is 6.79. The van der Waals surface area contributed by atoms with Crippen LogP contribution in [0.4, 0.5) is 10.5 Å². The number of carbonyl (C=O) groups is 1. The molecule has 0 aliphatic heterocycles. The summed E-state index contributed by atoms with van der Waals surface area (Å²) < 4.78 is 5.46. The van der Waals surface area contributed by atoms with Gasteiger partial charge in [0.05, 0.1) is 10.7 Å². The summed E-state index contributed by atoms with van der Waals surface area (Å²) in [7, 11) is 0. The fraction of sp³-hybridized carbons (Fsp3) is 0.533. The van der Waals surface area contributed by atoms with Crippen molar-refractivity contribution in [1.29, 1.82) is 0 Å². The highest BCUT2D eigenvalue weighted by atomic mass is 35.5. The molecule has 0 atom stereocenters. The molecule has 1 aromatic rings. The molecule has 1 aliphatic carbocycles. The van der Waals surface area contributed by atoms with Crippen molar-refractivity contribution in [3.8, 4) is 0 Å². The van der Waals surface area contributed by atoms with E-state index in [2.05, 4.69) is 0 Å². The third-order valence-electron chi connectivity index (χ3n) is 3.12. The molecule has 5 heteroatoms. The Labute approximate surface area is 124 Å². The Bertz CT molecular complexity index is 507. The number of nitrogens with two attached hydrogens (primary N) is 1. The fourth-order valence-electron chi connectivity index (χ4n) is 1.87. The summed E-state index contributed by atoms with van der Waals surface area (Å²) in [6, 6.07) is 7.23. The van der Waals surface area contributed by atoms with Crippen LogP contribution >= 0.6 is 11.6 Å². The van der Waals surface area contributed by atoms with Crippen LogP contribution in [-0.4, -0.2) is 23.8 Å². The predicted octanol–water partition coefficient (Wildman–Crippen LogP) is 3.57. The van der Waals surface area contributed by atoms with Gasteiger partial charge in [0.2, 0.25) is 0 Å². The summed E-state index contributed by atoms with van der Waals surface area (Å²) in [6.07, 6.45) is 1.41. The summed E-state index contributed by atoms with van der Waals surface area (Å²) >= 11 is 6.19. The topological polar surface area (TPSA) is 55.6 Å². The highest BCUT2D eigenvalue weighted by Crippen LogP contribution is 2.36. The summed E-state index contributed by atoms with van der Waals surface area (Å²) in [5.74, 6) is 0. The number of halogens is 1. The molecule has 110 valence electrons. The average Bonchev–Trinajstić information content (AvgIpc) is 3.03. The van der Waals surface area contributed by atoms with E-state index in [-0.39, 0.29) is 5.54 Å². The van der Waals surface area contributed by atoms with Gasteiger partial charge in [-0.2, -0.15) is 0 Å². The third kappa shape index (κ3) is 3.87. The third-order valence-corrected chi connectivity index (χ3v) is 3.44. The van der Waals surface area contributed by atoms with E-state index in [1.165, 1.54) is 0 Å². The maximum absolute atomic E-state index is 12.4. The molecule has 1 amide bonds. The van der Waals surface area contributed by atoms with Gasteiger partial charge in [0.15, 0.2) is 0 Å². The lowest BCUT2D eigenvalue weighted by atomic mass is 10.2. The standard InChI is InChI=1S/C15H21ClN2O2/c1-14(2,3)20-13(19)18(10-15(17)8-9-15)12-7-5-4-6-11(12)16/h4-7H,8-10,17H2,1-3H3. The summed E-state index contributed by atoms with van der Waals surface area (Å²) in [6.45, 7) is 5.94. The van der Waals surface area contributed by atoms with Crippen LogP contribution in [0.1, 0.15) is 33.6 Å². The smallest absolute Gasteiger partial charge is 0.414 e. The number of nitrogens with zero attached hydrogens (tertiary/aromatic N) is 1. The van der Waals surface area contributed by atoms with Crippen LogP contribution in [0.2, 0.25) is 5.02 Å². The molecule has 0 spiro atoms. The molecule has 4 nitrogen and oxygen atoms in total. The quantitative estimate of drug-likeness (QED) is 0.927. The molecule has 1 aromatic carbocycles. The molecule has 0 radical (unpaired) electrons. The molecule has 2 rings (SSSR count). The van der Waals surface area contributed by atoms with Gasteiger partial charge in [0, 0.05) is 12.1 Å². The van der Waals surface area contributed by atoms with Gasteiger partial charge >= 0.3 is 6.09 Å². The van der Waals surface area contributed by atoms with Crippen molar-refractivity contribution >= 4 is 23.4 Å². The van der Waals surface area contributed by atoms with E-state index in [0.29, 0.717) is 17.3 Å². The Morgan fingerprint density at radius 1 is 1.40 bits per heavy atom. The summed E-state index contributed by atoms with van der Waals surface area (Å²) in [5.41, 5.74) is 5.92. The monoisotopic (exact) mass is 296 g/mol. The average molecular weight is 297 g/mol. The van der Waals surface area contributed by atoms with Gasteiger partial charge in [-0.1, -0.05) is 23.7 Å². The number of anilines is 1. The second kappa shape index (κ2) is 5.26. The molecule has 0 unspecified atom stereocenters. The Morgan fingerprint density at radius 2 is 2.00 bits per heavy atom. The number of rotatable bonds is 3. The van der Waals surface area contributed by atoms with Crippen LogP contribution in [0, 0.1) is 0 Å². The van der Waals surface area contributed by atoms with Crippen LogP contribution < -0.4 is 10.6 Å². The van der Waals surface area contributed by atoms with Gasteiger partial charge in [-0.25, -0.2) is 4.79 Å². The first kappa shape index (κ1) is 15.1. The van der Waals surface area contributed by atoms with Crippen molar-refractivity contribution in [2.75, 3.05) is 11.4 Å². The largest absolute Gasteiger partial charge is 0.443 e. The molecule has 0 bridgehead atoms.